The third-order valence-corrected chi connectivity index (χ3v) is 8.35. The van der Waals surface area contributed by atoms with Crippen molar-refractivity contribution < 1.29 is 17.6 Å². The maximum atomic E-state index is 13.6. The van der Waals surface area contributed by atoms with Crippen LogP contribution in [-0.4, -0.2) is 37.8 Å². The Bertz CT molecular complexity index is 971. The van der Waals surface area contributed by atoms with E-state index in [-0.39, 0.29) is 10.1 Å². The highest BCUT2D eigenvalue weighted by Crippen LogP contribution is 2.34. The number of hydrogen-bond donors (Lipinski definition) is 0. The molecule has 8 heteroatoms. The van der Waals surface area contributed by atoms with E-state index in [1.54, 1.807) is 18.2 Å². The van der Waals surface area contributed by atoms with Gasteiger partial charge in [-0.05, 0) is 56.0 Å². The van der Waals surface area contributed by atoms with Crippen LogP contribution in [0.15, 0.2) is 34.5 Å². The molecular weight excluding hydrogens is 375 g/mol. The van der Waals surface area contributed by atoms with Gasteiger partial charge in [-0.2, -0.15) is 4.31 Å². The summed E-state index contributed by atoms with van der Waals surface area (Å²) in [5.74, 6) is -0.655. The summed E-state index contributed by atoms with van der Waals surface area (Å²) in [4.78, 5) is 15.6. The second-order valence-corrected chi connectivity index (χ2v) is 10.1. The standard InChI is InChI=1S/C18H19FN2O3S2/c1-12-4-7-17(25-12)26(23,24)21-9-2-3-15(21)18(22)20-10-8-13-5-6-14(19)11-16(13)20/h4-7,11,15H,2-3,8-10H2,1H3. The highest BCUT2D eigenvalue weighted by molar-refractivity contribution is 7.91. The molecule has 0 bridgehead atoms. The predicted octanol–water partition coefficient (Wildman–Crippen LogP) is 2.94. The van der Waals surface area contributed by atoms with Crippen LogP contribution in [0.3, 0.4) is 0 Å². The van der Waals surface area contributed by atoms with Crippen molar-refractivity contribution in [2.45, 2.75) is 36.4 Å². The highest BCUT2D eigenvalue weighted by Gasteiger charge is 2.43. The summed E-state index contributed by atoms with van der Waals surface area (Å²) in [5, 5.41) is 0. The Balaban J connectivity index is 1.64. The van der Waals surface area contributed by atoms with Gasteiger partial charge in [-0.3, -0.25) is 4.79 Å². The largest absolute Gasteiger partial charge is 0.310 e. The molecule has 0 saturated carbocycles. The van der Waals surface area contributed by atoms with E-state index < -0.39 is 21.9 Å². The number of hydrogen-bond acceptors (Lipinski definition) is 4. The Morgan fingerprint density at radius 3 is 2.77 bits per heavy atom. The van der Waals surface area contributed by atoms with Gasteiger partial charge in [0.2, 0.25) is 5.91 Å². The SMILES string of the molecule is Cc1ccc(S(=O)(=O)N2CCCC2C(=O)N2CCc3ccc(F)cc32)s1. The molecule has 5 nitrogen and oxygen atoms in total. The van der Waals surface area contributed by atoms with Gasteiger partial charge in [-0.15, -0.1) is 11.3 Å². The number of fused-ring (bicyclic) bond motifs is 1. The maximum Gasteiger partial charge on any atom is 0.253 e. The van der Waals surface area contributed by atoms with Gasteiger partial charge in [0.1, 0.15) is 16.1 Å². The fraction of sp³-hybridized carbons (Fsp3) is 0.389. The van der Waals surface area contributed by atoms with Crippen LogP contribution in [0, 0.1) is 12.7 Å². The number of nitrogens with zero attached hydrogens (tertiary/aromatic N) is 2. The molecule has 1 unspecified atom stereocenters. The molecule has 1 atom stereocenters. The number of thiophene rings is 1. The lowest BCUT2D eigenvalue weighted by Crippen LogP contribution is -2.47. The van der Waals surface area contributed by atoms with Crippen LogP contribution >= 0.6 is 11.3 Å². The van der Waals surface area contributed by atoms with Crippen molar-refractivity contribution in [3.8, 4) is 0 Å². The second kappa shape index (κ2) is 6.44. The molecule has 3 heterocycles. The van der Waals surface area contributed by atoms with Gasteiger partial charge in [-0.1, -0.05) is 6.07 Å². The summed E-state index contributed by atoms with van der Waals surface area (Å²) in [7, 11) is -3.70. The Kier molecular flexibility index (Phi) is 4.37. The maximum absolute atomic E-state index is 13.6. The average molecular weight is 394 g/mol. The molecule has 1 amide bonds. The van der Waals surface area contributed by atoms with E-state index in [1.165, 1.54) is 32.7 Å². The van der Waals surface area contributed by atoms with E-state index in [4.69, 9.17) is 0 Å². The van der Waals surface area contributed by atoms with Crippen molar-refractivity contribution in [3.63, 3.8) is 0 Å². The Hall–Kier alpha value is -1.77. The minimum atomic E-state index is -3.70. The monoisotopic (exact) mass is 394 g/mol. The van der Waals surface area contributed by atoms with Crippen LogP contribution in [0.2, 0.25) is 0 Å². The van der Waals surface area contributed by atoms with E-state index in [0.29, 0.717) is 38.0 Å². The third kappa shape index (κ3) is 2.86. The fourth-order valence-electron chi connectivity index (χ4n) is 3.70. The fourth-order valence-corrected chi connectivity index (χ4v) is 6.77. The lowest BCUT2D eigenvalue weighted by molar-refractivity contribution is -0.121. The number of halogens is 1. The number of sulfonamides is 1. The average Bonchev–Trinajstić information content (AvgIpc) is 3.32. The zero-order valence-electron chi connectivity index (χ0n) is 14.3. The molecule has 0 N–H and O–H groups in total. The number of rotatable bonds is 3. The molecule has 1 fully saturated rings. The molecule has 0 radical (unpaired) electrons. The van der Waals surface area contributed by atoms with E-state index in [0.717, 1.165) is 10.4 Å². The third-order valence-electron chi connectivity index (χ3n) is 4.98. The summed E-state index contributed by atoms with van der Waals surface area (Å²) in [6, 6.07) is 7.07. The first-order valence-corrected chi connectivity index (χ1v) is 10.8. The van der Waals surface area contributed by atoms with Crippen LogP contribution in [0.5, 0.6) is 0 Å². The molecule has 2 aliphatic rings. The molecule has 2 aromatic rings. The molecule has 2 aliphatic heterocycles. The summed E-state index contributed by atoms with van der Waals surface area (Å²) in [6.45, 7) is 2.64. The first kappa shape index (κ1) is 17.6. The van der Waals surface area contributed by atoms with Crippen molar-refractivity contribution in [2.75, 3.05) is 18.0 Å². The molecule has 4 rings (SSSR count). The van der Waals surface area contributed by atoms with Gasteiger partial charge in [0.15, 0.2) is 0 Å². The van der Waals surface area contributed by atoms with E-state index >= 15 is 0 Å². The van der Waals surface area contributed by atoms with Gasteiger partial charge < -0.3 is 4.90 Å². The normalized spacial score (nSPS) is 20.5. The van der Waals surface area contributed by atoms with Crippen molar-refractivity contribution in [1.29, 1.82) is 0 Å². The first-order valence-electron chi connectivity index (χ1n) is 8.56. The number of benzene rings is 1. The molecule has 0 aliphatic carbocycles. The van der Waals surface area contributed by atoms with Crippen molar-refractivity contribution in [3.05, 3.63) is 46.6 Å². The highest BCUT2D eigenvalue weighted by atomic mass is 32.2. The summed E-state index contributed by atoms with van der Waals surface area (Å²) < 4.78 is 41.2. The first-order chi connectivity index (χ1) is 12.4. The molecule has 138 valence electrons. The molecular formula is C18H19FN2O3S2. The summed E-state index contributed by atoms with van der Waals surface area (Å²) in [5.41, 5.74) is 1.48. The Morgan fingerprint density at radius 1 is 1.23 bits per heavy atom. The number of aryl methyl sites for hydroxylation is 1. The zero-order chi connectivity index (χ0) is 18.5. The second-order valence-electron chi connectivity index (χ2n) is 6.65. The molecule has 0 spiro atoms. The lowest BCUT2D eigenvalue weighted by Gasteiger charge is -2.27. The van der Waals surface area contributed by atoms with Gasteiger partial charge >= 0.3 is 0 Å². The number of carbonyl (C=O) groups is 1. The number of anilines is 1. The van der Waals surface area contributed by atoms with E-state index in [1.807, 2.05) is 6.92 Å². The summed E-state index contributed by atoms with van der Waals surface area (Å²) >= 11 is 1.21. The van der Waals surface area contributed by atoms with Crippen LogP contribution in [-0.2, 0) is 21.2 Å². The predicted molar refractivity (Wildman–Crippen MR) is 98.4 cm³/mol. The number of amides is 1. The number of carbonyl (C=O) groups excluding carboxylic acids is 1. The van der Waals surface area contributed by atoms with Crippen LogP contribution in [0.1, 0.15) is 23.3 Å². The Labute approximate surface area is 156 Å². The van der Waals surface area contributed by atoms with Crippen molar-refractivity contribution in [2.24, 2.45) is 0 Å². The summed E-state index contributed by atoms with van der Waals surface area (Å²) in [6.07, 6.45) is 1.79. The van der Waals surface area contributed by atoms with Crippen LogP contribution in [0.25, 0.3) is 0 Å². The van der Waals surface area contributed by atoms with Crippen molar-refractivity contribution in [1.82, 2.24) is 4.31 Å². The Morgan fingerprint density at radius 2 is 2.04 bits per heavy atom. The topological polar surface area (TPSA) is 57.7 Å². The molecule has 1 aromatic carbocycles. The lowest BCUT2D eigenvalue weighted by atomic mass is 10.1. The minimum Gasteiger partial charge on any atom is -0.310 e. The quantitative estimate of drug-likeness (QED) is 0.804. The van der Waals surface area contributed by atoms with Gasteiger partial charge in [-0.25, -0.2) is 12.8 Å². The van der Waals surface area contributed by atoms with Crippen molar-refractivity contribution >= 4 is 33.0 Å². The van der Waals surface area contributed by atoms with E-state index in [2.05, 4.69) is 0 Å². The zero-order valence-corrected chi connectivity index (χ0v) is 15.9. The smallest absolute Gasteiger partial charge is 0.253 e. The minimum absolute atomic E-state index is 0.260. The van der Waals surface area contributed by atoms with Gasteiger partial charge in [0, 0.05) is 23.7 Å². The van der Waals surface area contributed by atoms with Gasteiger partial charge in [0.25, 0.3) is 10.0 Å². The van der Waals surface area contributed by atoms with E-state index in [9.17, 15) is 17.6 Å². The van der Waals surface area contributed by atoms with Gasteiger partial charge in [0.05, 0.1) is 0 Å². The molecule has 1 saturated heterocycles. The van der Waals surface area contributed by atoms with Crippen LogP contribution in [0.4, 0.5) is 10.1 Å². The molecule has 1 aromatic heterocycles. The van der Waals surface area contributed by atoms with Crippen LogP contribution < -0.4 is 4.90 Å². The molecule has 26 heavy (non-hydrogen) atoms.